The molecule has 0 unspecified atom stereocenters. The van der Waals surface area contributed by atoms with Crippen molar-refractivity contribution < 1.29 is 0 Å². The highest BCUT2D eigenvalue weighted by molar-refractivity contribution is 5.47. The van der Waals surface area contributed by atoms with Gasteiger partial charge in [-0.1, -0.05) is 13.3 Å². The maximum absolute atomic E-state index is 5.25. The van der Waals surface area contributed by atoms with Gasteiger partial charge in [-0.05, 0) is 18.6 Å². The van der Waals surface area contributed by atoms with Gasteiger partial charge in [0, 0.05) is 13.6 Å². The minimum Gasteiger partial charge on any atom is -0.360 e. The van der Waals surface area contributed by atoms with Crippen LogP contribution in [0.1, 0.15) is 19.8 Å². The minimum absolute atomic E-state index is 0.831. The summed E-state index contributed by atoms with van der Waals surface area (Å²) in [6.07, 6.45) is 4.12. The summed E-state index contributed by atoms with van der Waals surface area (Å²) in [5.41, 5.74) is 3.39. The molecule has 1 aromatic heterocycles. The maximum Gasteiger partial charge on any atom is 0.128 e. The summed E-state index contributed by atoms with van der Waals surface area (Å²) in [4.78, 5) is 6.43. The van der Waals surface area contributed by atoms with Crippen LogP contribution in [0.4, 0.5) is 11.5 Å². The molecule has 78 valence electrons. The molecule has 4 nitrogen and oxygen atoms in total. The Kier molecular flexibility index (Phi) is 4.19. The largest absolute Gasteiger partial charge is 0.360 e. The number of unbranched alkanes of at least 4 members (excludes halogenated alkanes) is 1. The molecule has 0 aliphatic carbocycles. The lowest BCUT2D eigenvalue weighted by atomic mass is 10.3. The van der Waals surface area contributed by atoms with Crippen molar-refractivity contribution in [2.45, 2.75) is 19.8 Å². The zero-order valence-corrected chi connectivity index (χ0v) is 8.83. The third kappa shape index (κ3) is 2.88. The van der Waals surface area contributed by atoms with Crippen molar-refractivity contribution >= 4 is 11.5 Å². The van der Waals surface area contributed by atoms with Gasteiger partial charge in [-0.15, -0.1) is 0 Å². The van der Waals surface area contributed by atoms with Crippen molar-refractivity contribution in [2.24, 2.45) is 5.84 Å². The van der Waals surface area contributed by atoms with Gasteiger partial charge in [-0.25, -0.2) is 4.98 Å². The molecule has 0 spiro atoms. The van der Waals surface area contributed by atoms with Gasteiger partial charge >= 0.3 is 0 Å². The number of nitrogens with one attached hydrogen (secondary N) is 1. The maximum atomic E-state index is 5.25. The molecule has 14 heavy (non-hydrogen) atoms. The van der Waals surface area contributed by atoms with Crippen molar-refractivity contribution in [2.75, 3.05) is 23.9 Å². The lowest BCUT2D eigenvalue weighted by Gasteiger charge is -2.17. The highest BCUT2D eigenvalue weighted by atomic mass is 15.2. The summed E-state index contributed by atoms with van der Waals surface area (Å²) in [5, 5.41) is 0. The van der Waals surface area contributed by atoms with E-state index in [1.165, 1.54) is 12.8 Å². The van der Waals surface area contributed by atoms with Gasteiger partial charge in [0.05, 0.1) is 11.9 Å². The summed E-state index contributed by atoms with van der Waals surface area (Å²) in [6, 6.07) is 3.88. The first kappa shape index (κ1) is 10.8. The Morgan fingerprint density at radius 2 is 2.29 bits per heavy atom. The first-order valence-corrected chi connectivity index (χ1v) is 4.91. The number of hydrogen-bond donors (Lipinski definition) is 2. The van der Waals surface area contributed by atoms with Crippen LogP contribution < -0.4 is 16.2 Å². The van der Waals surface area contributed by atoms with Crippen molar-refractivity contribution in [3.05, 3.63) is 18.3 Å². The molecule has 0 atom stereocenters. The first-order chi connectivity index (χ1) is 6.77. The van der Waals surface area contributed by atoms with Crippen LogP contribution in [0.2, 0.25) is 0 Å². The van der Waals surface area contributed by atoms with E-state index in [0.717, 1.165) is 18.1 Å². The molecular formula is C10H18N4. The van der Waals surface area contributed by atoms with E-state index in [9.17, 15) is 0 Å². The fourth-order valence-electron chi connectivity index (χ4n) is 1.21. The molecule has 3 N–H and O–H groups in total. The lowest BCUT2D eigenvalue weighted by molar-refractivity contribution is 0.759. The molecule has 0 saturated carbocycles. The van der Waals surface area contributed by atoms with E-state index in [2.05, 4.69) is 22.2 Å². The average molecular weight is 194 g/mol. The summed E-state index contributed by atoms with van der Waals surface area (Å²) >= 11 is 0. The van der Waals surface area contributed by atoms with E-state index in [-0.39, 0.29) is 0 Å². The van der Waals surface area contributed by atoms with Gasteiger partial charge < -0.3 is 10.3 Å². The van der Waals surface area contributed by atoms with Crippen molar-refractivity contribution in [3.63, 3.8) is 0 Å². The normalized spacial score (nSPS) is 9.93. The average Bonchev–Trinajstić information content (AvgIpc) is 2.26. The third-order valence-electron chi connectivity index (χ3n) is 2.15. The standard InChI is InChI=1S/C10H18N4/c1-3-4-7-14(2)10-6-5-9(13-11)8-12-10/h5-6,8,13H,3-4,7,11H2,1-2H3. The molecule has 0 radical (unpaired) electrons. The van der Waals surface area contributed by atoms with Crippen molar-refractivity contribution in [3.8, 4) is 0 Å². The highest BCUT2D eigenvalue weighted by Gasteiger charge is 2.00. The van der Waals surface area contributed by atoms with E-state index < -0.39 is 0 Å². The molecule has 0 aromatic carbocycles. The monoisotopic (exact) mass is 194 g/mol. The van der Waals surface area contributed by atoms with Crippen LogP contribution in [0.5, 0.6) is 0 Å². The molecule has 0 amide bonds. The number of anilines is 2. The Bertz CT molecular complexity index is 257. The van der Waals surface area contributed by atoms with Crippen LogP contribution in [0.3, 0.4) is 0 Å². The minimum atomic E-state index is 0.831. The van der Waals surface area contributed by atoms with Gasteiger partial charge in [0.15, 0.2) is 0 Å². The van der Waals surface area contributed by atoms with Crippen LogP contribution >= 0.6 is 0 Å². The Labute approximate surface area is 85.1 Å². The molecule has 4 heteroatoms. The van der Waals surface area contributed by atoms with E-state index in [0.29, 0.717) is 0 Å². The molecule has 0 aliphatic rings. The number of rotatable bonds is 5. The van der Waals surface area contributed by atoms with Gasteiger partial charge in [0.1, 0.15) is 5.82 Å². The predicted molar refractivity (Wildman–Crippen MR) is 60.2 cm³/mol. The second-order valence-corrected chi connectivity index (χ2v) is 3.32. The summed E-state index contributed by atoms with van der Waals surface area (Å²) in [5.74, 6) is 6.24. The Hall–Kier alpha value is -1.29. The summed E-state index contributed by atoms with van der Waals surface area (Å²) in [7, 11) is 2.05. The Morgan fingerprint density at radius 3 is 2.79 bits per heavy atom. The van der Waals surface area contributed by atoms with Crippen molar-refractivity contribution in [1.82, 2.24) is 4.98 Å². The predicted octanol–water partition coefficient (Wildman–Crippen LogP) is 1.60. The number of hydrogen-bond acceptors (Lipinski definition) is 4. The second kappa shape index (κ2) is 5.44. The van der Waals surface area contributed by atoms with Gasteiger partial charge in [0.2, 0.25) is 0 Å². The van der Waals surface area contributed by atoms with Gasteiger partial charge in [-0.2, -0.15) is 0 Å². The lowest BCUT2D eigenvalue weighted by Crippen LogP contribution is -2.19. The van der Waals surface area contributed by atoms with Crippen molar-refractivity contribution in [1.29, 1.82) is 0 Å². The summed E-state index contributed by atoms with van der Waals surface area (Å²) in [6.45, 7) is 3.22. The van der Waals surface area contributed by atoms with E-state index >= 15 is 0 Å². The van der Waals surface area contributed by atoms with Gasteiger partial charge in [0.25, 0.3) is 0 Å². The zero-order chi connectivity index (χ0) is 10.4. The molecule has 0 fully saturated rings. The number of nitrogen functional groups attached to an aromatic ring is 1. The number of nitrogens with two attached hydrogens (primary N) is 1. The number of aromatic nitrogens is 1. The van der Waals surface area contributed by atoms with E-state index in [1.807, 2.05) is 19.2 Å². The van der Waals surface area contributed by atoms with Crippen LogP contribution in [-0.2, 0) is 0 Å². The third-order valence-corrected chi connectivity index (χ3v) is 2.15. The molecule has 1 heterocycles. The molecular weight excluding hydrogens is 176 g/mol. The molecule has 1 rings (SSSR count). The van der Waals surface area contributed by atoms with Crippen LogP contribution in [-0.4, -0.2) is 18.6 Å². The summed E-state index contributed by atoms with van der Waals surface area (Å²) < 4.78 is 0. The Balaban J connectivity index is 2.57. The number of nitrogens with zero attached hydrogens (tertiary/aromatic N) is 2. The molecule has 0 bridgehead atoms. The van der Waals surface area contributed by atoms with Gasteiger partial charge in [-0.3, -0.25) is 5.84 Å². The second-order valence-electron chi connectivity index (χ2n) is 3.32. The van der Waals surface area contributed by atoms with Crippen LogP contribution in [0, 0.1) is 0 Å². The molecule has 0 saturated heterocycles. The number of hydrazine groups is 1. The quantitative estimate of drug-likeness (QED) is 0.552. The molecule has 1 aromatic rings. The topological polar surface area (TPSA) is 54.2 Å². The van der Waals surface area contributed by atoms with Crippen LogP contribution in [0.15, 0.2) is 18.3 Å². The first-order valence-electron chi connectivity index (χ1n) is 4.91. The Morgan fingerprint density at radius 1 is 1.50 bits per heavy atom. The van der Waals surface area contributed by atoms with E-state index in [4.69, 9.17) is 5.84 Å². The smallest absolute Gasteiger partial charge is 0.128 e. The number of pyridine rings is 1. The fraction of sp³-hybridized carbons (Fsp3) is 0.500. The molecule has 0 aliphatic heterocycles. The fourth-order valence-corrected chi connectivity index (χ4v) is 1.21. The van der Waals surface area contributed by atoms with Crippen LogP contribution in [0.25, 0.3) is 0 Å². The zero-order valence-electron chi connectivity index (χ0n) is 8.83. The van der Waals surface area contributed by atoms with E-state index in [1.54, 1.807) is 6.20 Å². The highest BCUT2D eigenvalue weighted by Crippen LogP contribution is 2.12. The SMILES string of the molecule is CCCCN(C)c1ccc(NN)cn1.